The minimum atomic E-state index is -1.10. The molecule has 13 heteroatoms. The summed E-state index contributed by atoms with van der Waals surface area (Å²) in [5.41, 5.74) is 2.12. The molecule has 1 aromatic heterocycles. The van der Waals surface area contributed by atoms with Crippen LogP contribution >= 0.6 is 23.2 Å². The summed E-state index contributed by atoms with van der Waals surface area (Å²) in [5.74, 6) is 2.60. The van der Waals surface area contributed by atoms with Crippen molar-refractivity contribution in [2.45, 2.75) is 19.9 Å². The first-order chi connectivity index (χ1) is 11.3. The minimum absolute atomic E-state index is 0.00612. The topological polar surface area (TPSA) is 161 Å². The van der Waals surface area contributed by atoms with E-state index in [2.05, 4.69) is 10.2 Å². The second-order valence-corrected chi connectivity index (χ2v) is 4.88. The largest absolute Gasteiger partial charge is 0.480 e. The summed E-state index contributed by atoms with van der Waals surface area (Å²) < 4.78 is 6.07. The fourth-order valence-corrected chi connectivity index (χ4v) is 1.77. The van der Waals surface area contributed by atoms with Crippen LogP contribution in [0.4, 0.5) is 0 Å². The number of hydrogen-bond donors (Lipinski definition) is 4. The molecule has 0 aliphatic rings. The van der Waals surface area contributed by atoms with Crippen LogP contribution in [0.25, 0.3) is 0 Å². The number of nitrogens with zero attached hydrogens (tertiary/aromatic N) is 2. The van der Waals surface area contributed by atoms with E-state index in [0.717, 1.165) is 4.68 Å². The van der Waals surface area contributed by atoms with Gasteiger partial charge in [0.25, 0.3) is 11.1 Å². The van der Waals surface area contributed by atoms with Crippen molar-refractivity contribution in [3.05, 3.63) is 30.8 Å². The van der Waals surface area contributed by atoms with E-state index < -0.39 is 33.0 Å². The Morgan fingerprint density at radius 2 is 1.96 bits per heavy atom. The number of carbonyl (C=O) groups is 2. The van der Waals surface area contributed by atoms with E-state index in [-0.39, 0.29) is 25.5 Å². The summed E-state index contributed by atoms with van der Waals surface area (Å²) in [5, 5.41) is 5.01. The smallest absolute Gasteiger partial charge is 0.330 e. The van der Waals surface area contributed by atoms with Gasteiger partial charge < -0.3 is 4.74 Å². The fourth-order valence-electron chi connectivity index (χ4n) is 1.46. The number of nitrogens with one attached hydrogen (secondary N) is 3. The van der Waals surface area contributed by atoms with Crippen molar-refractivity contribution < 1.29 is 14.3 Å². The van der Waals surface area contributed by atoms with Crippen LogP contribution in [0.2, 0.25) is 10.0 Å². The molecule has 0 fully saturated rings. The summed E-state index contributed by atoms with van der Waals surface area (Å²) in [6.45, 7) is 1.81. The molecule has 0 spiro atoms. The van der Waals surface area contributed by atoms with E-state index in [4.69, 9.17) is 33.8 Å². The number of aromatic nitrogens is 2. The molecule has 1 aromatic rings. The van der Waals surface area contributed by atoms with E-state index >= 15 is 0 Å². The number of hydrogen-bond acceptors (Lipinski definition) is 7. The van der Waals surface area contributed by atoms with Gasteiger partial charge in [0.05, 0.1) is 13.2 Å². The lowest BCUT2D eigenvalue weighted by molar-refractivity contribution is -0.139. The normalized spacial score (nSPS) is 11.1. The molecule has 0 aromatic carbocycles. The number of carbonyl (C=O) groups excluding carboxylic acids is 2. The first kappa shape index (κ1) is 19.7. The molecule has 2 amide bonds. The van der Waals surface area contributed by atoms with Gasteiger partial charge in [-0.05, 0) is 6.92 Å². The Balaban J connectivity index is 2.88. The summed E-state index contributed by atoms with van der Waals surface area (Å²) in [4.78, 5) is 45.5. The van der Waals surface area contributed by atoms with Gasteiger partial charge in [0.1, 0.15) is 10.0 Å². The average molecular weight is 381 g/mol. The van der Waals surface area contributed by atoms with Crippen LogP contribution in [0.3, 0.4) is 0 Å². The van der Waals surface area contributed by atoms with E-state index in [1.807, 2.05) is 5.43 Å². The highest BCUT2D eigenvalue weighted by molar-refractivity contribution is 6.41. The summed E-state index contributed by atoms with van der Waals surface area (Å²) in [7, 11) is 0. The predicted octanol–water partition coefficient (Wildman–Crippen LogP) is -1.31. The molecule has 0 bridgehead atoms. The first-order valence-electron chi connectivity index (χ1n) is 6.50. The number of ether oxygens (including phenoxy) is 1. The van der Waals surface area contributed by atoms with Gasteiger partial charge in [-0.25, -0.2) is 16.0 Å². The SMILES string of the molecule is CCO/C(CCn1[nH]c(=O)c(Cl)c(Cl)c1=O)=N/NC(=O)C(=O)NN. The van der Waals surface area contributed by atoms with Gasteiger partial charge in [-0.3, -0.25) is 29.7 Å². The van der Waals surface area contributed by atoms with Gasteiger partial charge in [-0.2, -0.15) is 0 Å². The maximum Gasteiger partial charge on any atom is 0.330 e. The van der Waals surface area contributed by atoms with Gasteiger partial charge in [0.2, 0.25) is 5.90 Å². The highest BCUT2D eigenvalue weighted by atomic mass is 35.5. The monoisotopic (exact) mass is 380 g/mol. The third-order valence-electron chi connectivity index (χ3n) is 2.54. The fraction of sp³-hybridized carbons (Fsp3) is 0.364. The number of hydrazone groups is 1. The molecule has 0 aliphatic heterocycles. The molecule has 11 nitrogen and oxygen atoms in total. The molecule has 5 N–H and O–H groups in total. The third-order valence-corrected chi connectivity index (χ3v) is 3.35. The molecule has 0 saturated carbocycles. The van der Waals surface area contributed by atoms with E-state index in [1.54, 1.807) is 12.3 Å². The maximum atomic E-state index is 11.9. The highest BCUT2D eigenvalue weighted by Gasteiger charge is 2.13. The molecule has 24 heavy (non-hydrogen) atoms. The summed E-state index contributed by atoms with van der Waals surface area (Å²) in [6.07, 6.45) is 0.00612. The molecule has 0 aliphatic carbocycles. The zero-order chi connectivity index (χ0) is 18.3. The highest BCUT2D eigenvalue weighted by Crippen LogP contribution is 2.10. The molecule has 0 unspecified atom stereocenters. The van der Waals surface area contributed by atoms with Crippen molar-refractivity contribution in [3.8, 4) is 0 Å². The lowest BCUT2D eigenvalue weighted by Crippen LogP contribution is -2.41. The molecule has 1 heterocycles. The molecule has 0 saturated heterocycles. The first-order valence-corrected chi connectivity index (χ1v) is 7.25. The van der Waals surface area contributed by atoms with Crippen LogP contribution in [-0.2, 0) is 20.9 Å². The summed E-state index contributed by atoms with van der Waals surface area (Å²) in [6, 6.07) is 0. The Labute approximate surface area is 144 Å². The third kappa shape index (κ3) is 5.08. The van der Waals surface area contributed by atoms with Crippen LogP contribution in [0.1, 0.15) is 13.3 Å². The van der Waals surface area contributed by atoms with Crippen LogP contribution in [0.15, 0.2) is 14.7 Å². The van der Waals surface area contributed by atoms with Crippen molar-refractivity contribution >= 4 is 40.9 Å². The van der Waals surface area contributed by atoms with Gasteiger partial charge in [0, 0.05) is 6.42 Å². The second-order valence-electron chi connectivity index (χ2n) is 4.13. The molecular formula is C11H14Cl2N6O5. The number of aromatic amines is 1. The Morgan fingerprint density at radius 1 is 1.29 bits per heavy atom. The Morgan fingerprint density at radius 3 is 2.54 bits per heavy atom. The Kier molecular flexibility index (Phi) is 7.42. The standard InChI is InChI=1S/C11H14Cl2N6O5/c1-2-24-5(16-17-10(22)9(21)15-14)3-4-19-11(23)7(13)6(12)8(20)18-19/h2-4,14H2,1H3,(H,15,21)(H,17,22)(H,18,20)/b16-5+. The van der Waals surface area contributed by atoms with Crippen molar-refractivity contribution in [1.29, 1.82) is 0 Å². The van der Waals surface area contributed by atoms with E-state index in [9.17, 15) is 19.2 Å². The van der Waals surface area contributed by atoms with E-state index in [0.29, 0.717) is 0 Å². The Bertz CT molecular complexity index is 771. The minimum Gasteiger partial charge on any atom is -0.480 e. The molecule has 132 valence electrons. The van der Waals surface area contributed by atoms with E-state index in [1.165, 1.54) is 0 Å². The number of amides is 2. The number of rotatable bonds is 5. The second kappa shape index (κ2) is 9.05. The zero-order valence-corrected chi connectivity index (χ0v) is 13.9. The number of nitrogens with two attached hydrogens (primary N) is 1. The van der Waals surface area contributed by atoms with Crippen molar-refractivity contribution in [3.63, 3.8) is 0 Å². The van der Waals surface area contributed by atoms with Gasteiger partial charge in [-0.1, -0.05) is 23.2 Å². The molecule has 0 atom stereocenters. The number of H-pyrrole nitrogens is 1. The molecular weight excluding hydrogens is 367 g/mol. The lowest BCUT2D eigenvalue weighted by Gasteiger charge is -2.09. The van der Waals surface area contributed by atoms with Crippen molar-refractivity contribution in [1.82, 2.24) is 20.6 Å². The van der Waals surface area contributed by atoms with Gasteiger partial charge in [0.15, 0.2) is 0 Å². The van der Waals surface area contributed by atoms with Crippen LogP contribution in [0, 0.1) is 0 Å². The molecule has 1 rings (SSSR count). The number of aryl methyl sites for hydroxylation is 1. The Hall–Kier alpha value is -2.37. The number of halogens is 2. The van der Waals surface area contributed by atoms with Crippen LogP contribution in [-0.4, -0.2) is 34.1 Å². The average Bonchev–Trinajstić information content (AvgIpc) is 2.58. The summed E-state index contributed by atoms with van der Waals surface area (Å²) >= 11 is 11.2. The van der Waals surface area contributed by atoms with Crippen LogP contribution in [0.5, 0.6) is 0 Å². The maximum absolute atomic E-state index is 11.9. The quantitative estimate of drug-likeness (QED) is 0.124. The van der Waals surface area contributed by atoms with Crippen molar-refractivity contribution in [2.24, 2.45) is 10.9 Å². The van der Waals surface area contributed by atoms with Crippen molar-refractivity contribution in [2.75, 3.05) is 6.61 Å². The predicted molar refractivity (Wildman–Crippen MR) is 85.5 cm³/mol. The van der Waals surface area contributed by atoms with Gasteiger partial charge >= 0.3 is 11.8 Å². The van der Waals surface area contributed by atoms with Gasteiger partial charge in [-0.15, -0.1) is 5.10 Å². The van der Waals surface area contributed by atoms with Crippen LogP contribution < -0.4 is 27.8 Å². The molecule has 0 radical (unpaired) electrons. The number of hydrazine groups is 1. The zero-order valence-electron chi connectivity index (χ0n) is 12.4. The lowest BCUT2D eigenvalue weighted by atomic mass is 10.4.